The molecule has 5 nitrogen and oxygen atoms in total. The summed E-state index contributed by atoms with van der Waals surface area (Å²) in [5, 5.41) is 4.24. The summed E-state index contributed by atoms with van der Waals surface area (Å²) in [4.78, 5) is 17.3. The summed E-state index contributed by atoms with van der Waals surface area (Å²) in [7, 11) is 0. The highest BCUT2D eigenvalue weighted by Crippen LogP contribution is 2.30. The second-order valence-electron chi connectivity index (χ2n) is 5.06. The fourth-order valence-corrected chi connectivity index (χ4v) is 3.26. The van der Waals surface area contributed by atoms with Crippen molar-refractivity contribution in [3.63, 3.8) is 0 Å². The lowest BCUT2D eigenvalue weighted by Crippen LogP contribution is -2.05. The van der Waals surface area contributed by atoms with Gasteiger partial charge in [-0.05, 0) is 35.9 Å². The second-order valence-corrected chi connectivity index (χ2v) is 6.47. The third kappa shape index (κ3) is 3.41. The first-order valence-corrected chi connectivity index (χ1v) is 8.39. The molecule has 7 heteroatoms. The zero-order valence-corrected chi connectivity index (χ0v) is 14.2. The van der Waals surface area contributed by atoms with Gasteiger partial charge in [0.2, 0.25) is 5.78 Å². The Morgan fingerprint density at radius 1 is 1.21 bits per heavy atom. The number of hydrogen-bond acceptors (Lipinski definition) is 6. The fourth-order valence-electron chi connectivity index (χ4n) is 2.20. The summed E-state index contributed by atoms with van der Waals surface area (Å²) in [5.41, 5.74) is 13.6. The van der Waals surface area contributed by atoms with E-state index in [0.717, 1.165) is 5.69 Å². The molecule has 0 unspecified atom stereocenters. The van der Waals surface area contributed by atoms with Gasteiger partial charge in [-0.3, -0.25) is 4.79 Å². The molecule has 0 aliphatic rings. The molecule has 0 atom stereocenters. The molecule has 0 saturated heterocycles. The molecule has 5 N–H and O–H groups in total. The van der Waals surface area contributed by atoms with E-state index in [9.17, 15) is 4.79 Å². The van der Waals surface area contributed by atoms with Gasteiger partial charge in [-0.1, -0.05) is 41.1 Å². The molecule has 3 rings (SSSR count). The monoisotopic (exact) mass is 358 g/mol. The third-order valence-electron chi connectivity index (χ3n) is 3.41. The zero-order valence-electron chi connectivity index (χ0n) is 12.6. The molecule has 3 aromatic rings. The van der Waals surface area contributed by atoms with Crippen LogP contribution in [-0.4, -0.2) is 10.8 Å². The van der Waals surface area contributed by atoms with Crippen LogP contribution in [-0.2, 0) is 6.54 Å². The summed E-state index contributed by atoms with van der Waals surface area (Å²) in [6, 6.07) is 14.6. The van der Waals surface area contributed by atoms with Crippen molar-refractivity contribution in [2.75, 3.05) is 11.1 Å². The maximum absolute atomic E-state index is 12.7. The topological polar surface area (TPSA) is 94.0 Å². The van der Waals surface area contributed by atoms with Gasteiger partial charge in [-0.2, -0.15) is 0 Å². The van der Waals surface area contributed by atoms with E-state index < -0.39 is 0 Å². The van der Waals surface area contributed by atoms with Crippen LogP contribution in [0.4, 0.5) is 16.6 Å². The smallest absolute Gasteiger partial charge is 0.206 e. The van der Waals surface area contributed by atoms with Crippen LogP contribution in [0.3, 0.4) is 0 Å². The number of ketones is 1. The number of rotatable bonds is 5. The van der Waals surface area contributed by atoms with Crippen molar-refractivity contribution in [3.8, 4) is 0 Å². The first-order valence-electron chi connectivity index (χ1n) is 7.20. The molecule has 122 valence electrons. The number of thiazole rings is 1. The van der Waals surface area contributed by atoms with Crippen molar-refractivity contribution < 1.29 is 4.79 Å². The molecule has 0 radical (unpaired) electrons. The van der Waals surface area contributed by atoms with E-state index in [4.69, 9.17) is 23.1 Å². The minimum Gasteiger partial charge on any atom is -0.382 e. The van der Waals surface area contributed by atoms with Gasteiger partial charge in [-0.15, -0.1) is 0 Å². The van der Waals surface area contributed by atoms with Gasteiger partial charge < -0.3 is 16.8 Å². The van der Waals surface area contributed by atoms with Crippen molar-refractivity contribution >= 4 is 45.4 Å². The standard InChI is InChI=1S/C17H15ClN4OS/c18-13-7-6-10(8-11(13)9-19)14(23)15-16(20)22-17(24-15)21-12-4-2-1-3-5-12/h1-8H,9,19-20H2,(H,21,22). The van der Waals surface area contributed by atoms with Crippen LogP contribution in [0.15, 0.2) is 48.5 Å². The third-order valence-corrected chi connectivity index (χ3v) is 4.77. The highest BCUT2D eigenvalue weighted by atomic mass is 35.5. The molecule has 0 spiro atoms. The number of para-hydroxylation sites is 1. The molecule has 0 saturated carbocycles. The second kappa shape index (κ2) is 7.00. The van der Waals surface area contributed by atoms with Gasteiger partial charge in [0.25, 0.3) is 0 Å². The number of benzene rings is 2. The SMILES string of the molecule is NCc1cc(C(=O)c2sc(Nc3ccccc3)nc2N)ccc1Cl. The van der Waals surface area contributed by atoms with Crippen LogP contribution < -0.4 is 16.8 Å². The van der Waals surface area contributed by atoms with Gasteiger partial charge >= 0.3 is 0 Å². The van der Waals surface area contributed by atoms with Crippen molar-refractivity contribution in [3.05, 3.63) is 69.6 Å². The Balaban J connectivity index is 1.88. The van der Waals surface area contributed by atoms with E-state index in [0.29, 0.717) is 26.2 Å². The number of nitrogen functional groups attached to an aromatic ring is 1. The lowest BCUT2D eigenvalue weighted by atomic mass is 10.1. The summed E-state index contributed by atoms with van der Waals surface area (Å²) < 4.78 is 0. The molecule has 24 heavy (non-hydrogen) atoms. The lowest BCUT2D eigenvalue weighted by Gasteiger charge is -2.04. The van der Waals surface area contributed by atoms with Crippen molar-refractivity contribution in [1.82, 2.24) is 4.98 Å². The minimum atomic E-state index is -0.197. The number of nitrogens with zero attached hydrogens (tertiary/aromatic N) is 1. The summed E-state index contributed by atoms with van der Waals surface area (Å²) in [6.45, 7) is 0.263. The number of nitrogens with one attached hydrogen (secondary N) is 1. The van der Waals surface area contributed by atoms with Gasteiger partial charge in [0.15, 0.2) is 5.13 Å². The number of aromatic nitrogens is 1. The molecular formula is C17H15ClN4OS. The molecule has 2 aromatic carbocycles. The molecule has 1 heterocycles. The van der Waals surface area contributed by atoms with Crippen molar-refractivity contribution in [1.29, 1.82) is 0 Å². The molecule has 1 aromatic heterocycles. The van der Waals surface area contributed by atoms with Crippen LogP contribution >= 0.6 is 22.9 Å². The predicted molar refractivity (Wildman–Crippen MR) is 99.0 cm³/mol. The molecule has 0 aliphatic heterocycles. The highest BCUT2D eigenvalue weighted by Gasteiger charge is 2.19. The van der Waals surface area contributed by atoms with E-state index >= 15 is 0 Å². The molecular weight excluding hydrogens is 344 g/mol. The van der Waals surface area contributed by atoms with Crippen LogP contribution in [0.5, 0.6) is 0 Å². The van der Waals surface area contributed by atoms with Gasteiger partial charge in [-0.25, -0.2) is 4.98 Å². The number of nitrogens with two attached hydrogens (primary N) is 2. The normalized spacial score (nSPS) is 10.6. The number of halogens is 1. The van der Waals surface area contributed by atoms with E-state index in [-0.39, 0.29) is 18.1 Å². The maximum atomic E-state index is 12.7. The molecule has 0 aliphatic carbocycles. The van der Waals surface area contributed by atoms with Crippen LogP contribution in [0.25, 0.3) is 0 Å². The Morgan fingerprint density at radius 2 is 1.96 bits per heavy atom. The van der Waals surface area contributed by atoms with E-state index in [1.54, 1.807) is 18.2 Å². The van der Waals surface area contributed by atoms with Crippen molar-refractivity contribution in [2.24, 2.45) is 5.73 Å². The Morgan fingerprint density at radius 3 is 2.67 bits per heavy atom. The number of carbonyl (C=O) groups is 1. The average Bonchev–Trinajstić information content (AvgIpc) is 2.96. The highest BCUT2D eigenvalue weighted by molar-refractivity contribution is 7.18. The average molecular weight is 359 g/mol. The Labute approximate surface area is 148 Å². The largest absolute Gasteiger partial charge is 0.382 e. The Kier molecular flexibility index (Phi) is 4.80. The van der Waals surface area contributed by atoms with Crippen molar-refractivity contribution in [2.45, 2.75) is 6.54 Å². The number of hydrogen-bond donors (Lipinski definition) is 3. The van der Waals surface area contributed by atoms with E-state index in [2.05, 4.69) is 10.3 Å². The zero-order chi connectivity index (χ0) is 17.1. The van der Waals surface area contributed by atoms with Crippen LogP contribution in [0.1, 0.15) is 20.8 Å². The molecule has 0 fully saturated rings. The minimum absolute atomic E-state index is 0.197. The fraction of sp³-hybridized carbons (Fsp3) is 0.0588. The van der Waals surface area contributed by atoms with E-state index in [1.165, 1.54) is 11.3 Å². The summed E-state index contributed by atoms with van der Waals surface area (Å²) in [6.07, 6.45) is 0. The lowest BCUT2D eigenvalue weighted by molar-refractivity contribution is 0.104. The van der Waals surface area contributed by atoms with Gasteiger partial charge in [0.05, 0.1) is 0 Å². The first kappa shape index (κ1) is 16.4. The van der Waals surface area contributed by atoms with Gasteiger partial charge in [0, 0.05) is 22.8 Å². The summed E-state index contributed by atoms with van der Waals surface area (Å²) >= 11 is 7.25. The Hall–Kier alpha value is -2.41. The van der Waals surface area contributed by atoms with E-state index in [1.807, 2.05) is 30.3 Å². The predicted octanol–water partition coefficient (Wildman–Crippen LogP) is 3.81. The first-order chi connectivity index (χ1) is 11.6. The quantitative estimate of drug-likeness (QED) is 0.603. The maximum Gasteiger partial charge on any atom is 0.206 e. The van der Waals surface area contributed by atoms with Crippen LogP contribution in [0.2, 0.25) is 5.02 Å². The van der Waals surface area contributed by atoms with Gasteiger partial charge in [0.1, 0.15) is 10.7 Å². The molecule has 0 amide bonds. The number of carbonyl (C=O) groups excluding carboxylic acids is 1. The summed E-state index contributed by atoms with van der Waals surface area (Å²) in [5.74, 6) is 0.00478. The molecule has 0 bridgehead atoms. The van der Waals surface area contributed by atoms with Crippen LogP contribution in [0, 0.1) is 0 Å². The number of anilines is 3. The Bertz CT molecular complexity index is 880.